The van der Waals surface area contributed by atoms with Crippen molar-refractivity contribution in [3.63, 3.8) is 0 Å². The largest absolute Gasteiger partial charge is 0.349 e. The van der Waals surface area contributed by atoms with Gasteiger partial charge in [-0.25, -0.2) is 0 Å². The Labute approximate surface area is 95.1 Å². The number of aromatic nitrogens is 1. The van der Waals surface area contributed by atoms with Gasteiger partial charge in [0.25, 0.3) is 0 Å². The van der Waals surface area contributed by atoms with Gasteiger partial charge in [0, 0.05) is 17.8 Å². The van der Waals surface area contributed by atoms with Gasteiger partial charge in [0.2, 0.25) is 5.91 Å². The first-order chi connectivity index (χ1) is 7.59. The highest BCUT2D eigenvalue weighted by atomic mass is 16.2. The number of pyridine rings is 1. The highest BCUT2D eigenvalue weighted by molar-refractivity contribution is 5.87. The molecular formula is C12H16N2O2. The first-order valence-electron chi connectivity index (χ1n) is 5.29. The summed E-state index contributed by atoms with van der Waals surface area (Å²) >= 11 is 0. The number of nitrogens with one attached hydrogen (secondary N) is 1. The van der Waals surface area contributed by atoms with E-state index in [0.29, 0.717) is 5.69 Å². The van der Waals surface area contributed by atoms with Crippen LogP contribution in [0.1, 0.15) is 19.5 Å². The Bertz CT molecular complexity index is 361. The predicted octanol–water partition coefficient (Wildman–Crippen LogP) is 0.965. The third kappa shape index (κ3) is 4.21. The molecule has 0 aromatic carbocycles. The third-order valence-corrected chi connectivity index (χ3v) is 2.17. The molecule has 0 saturated heterocycles. The van der Waals surface area contributed by atoms with Crippen LogP contribution in [-0.2, 0) is 16.0 Å². The van der Waals surface area contributed by atoms with Crippen LogP contribution in [-0.4, -0.2) is 23.2 Å². The van der Waals surface area contributed by atoms with Crippen LogP contribution < -0.4 is 5.32 Å². The van der Waals surface area contributed by atoms with Crippen molar-refractivity contribution in [1.82, 2.24) is 10.3 Å². The summed E-state index contributed by atoms with van der Waals surface area (Å²) in [6.07, 6.45) is 1.86. The Hall–Kier alpha value is -1.71. The SMILES string of the molecule is CC(C)C(=O)CNC(=O)Cc1ccccn1. The maximum atomic E-state index is 11.4. The minimum atomic E-state index is -0.173. The summed E-state index contributed by atoms with van der Waals surface area (Å²) < 4.78 is 0. The maximum absolute atomic E-state index is 11.4. The fraction of sp³-hybridized carbons (Fsp3) is 0.417. The zero-order valence-electron chi connectivity index (χ0n) is 9.56. The minimum absolute atomic E-state index is 0.0365. The van der Waals surface area contributed by atoms with E-state index in [9.17, 15) is 9.59 Å². The lowest BCUT2D eigenvalue weighted by Gasteiger charge is -2.06. The topological polar surface area (TPSA) is 59.1 Å². The number of carbonyl (C=O) groups is 2. The van der Waals surface area contributed by atoms with E-state index in [1.165, 1.54) is 0 Å². The third-order valence-electron chi connectivity index (χ3n) is 2.17. The highest BCUT2D eigenvalue weighted by Gasteiger charge is 2.09. The van der Waals surface area contributed by atoms with E-state index < -0.39 is 0 Å². The van der Waals surface area contributed by atoms with Crippen LogP contribution in [0, 0.1) is 5.92 Å². The van der Waals surface area contributed by atoms with Gasteiger partial charge in [-0.15, -0.1) is 0 Å². The number of rotatable bonds is 5. The lowest BCUT2D eigenvalue weighted by Crippen LogP contribution is -2.32. The Morgan fingerprint density at radius 2 is 2.12 bits per heavy atom. The molecule has 0 aliphatic carbocycles. The van der Waals surface area contributed by atoms with Crippen LogP contribution >= 0.6 is 0 Å². The van der Waals surface area contributed by atoms with E-state index in [0.717, 1.165) is 0 Å². The molecule has 1 amide bonds. The van der Waals surface area contributed by atoms with Crippen LogP contribution in [0.25, 0.3) is 0 Å². The van der Waals surface area contributed by atoms with Crippen molar-refractivity contribution in [2.75, 3.05) is 6.54 Å². The van der Waals surface area contributed by atoms with Gasteiger partial charge < -0.3 is 5.32 Å². The number of Topliss-reactive ketones (excluding diaryl/α,β-unsaturated/α-hetero) is 1. The minimum Gasteiger partial charge on any atom is -0.349 e. The first-order valence-corrected chi connectivity index (χ1v) is 5.29. The van der Waals surface area contributed by atoms with Gasteiger partial charge in [0.15, 0.2) is 5.78 Å². The molecule has 1 aromatic rings. The first kappa shape index (κ1) is 12.4. The van der Waals surface area contributed by atoms with Gasteiger partial charge in [0.05, 0.1) is 13.0 Å². The molecule has 4 heteroatoms. The summed E-state index contributed by atoms with van der Waals surface area (Å²) in [6.45, 7) is 3.73. The number of ketones is 1. The van der Waals surface area contributed by atoms with E-state index in [2.05, 4.69) is 10.3 Å². The van der Waals surface area contributed by atoms with Crippen LogP contribution in [0.15, 0.2) is 24.4 Å². The standard InChI is InChI=1S/C12H16N2O2/c1-9(2)11(15)8-14-12(16)7-10-5-3-4-6-13-10/h3-6,9H,7-8H2,1-2H3,(H,14,16). The quantitative estimate of drug-likeness (QED) is 0.804. The molecule has 0 aliphatic rings. The smallest absolute Gasteiger partial charge is 0.226 e. The zero-order chi connectivity index (χ0) is 12.0. The van der Waals surface area contributed by atoms with Gasteiger partial charge in [-0.05, 0) is 12.1 Å². The molecule has 1 aromatic heterocycles. The lowest BCUT2D eigenvalue weighted by molar-refractivity contribution is -0.126. The average molecular weight is 220 g/mol. The molecular weight excluding hydrogens is 204 g/mol. The molecule has 0 saturated carbocycles. The molecule has 0 bridgehead atoms. The van der Waals surface area contributed by atoms with E-state index in [4.69, 9.17) is 0 Å². The maximum Gasteiger partial charge on any atom is 0.226 e. The molecule has 0 fully saturated rings. The summed E-state index contributed by atoms with van der Waals surface area (Å²) in [5.74, 6) is -0.183. The van der Waals surface area contributed by atoms with Crippen molar-refractivity contribution >= 4 is 11.7 Å². The zero-order valence-corrected chi connectivity index (χ0v) is 9.56. The van der Waals surface area contributed by atoms with Gasteiger partial charge in [-0.1, -0.05) is 19.9 Å². The molecule has 0 unspecified atom stereocenters. The number of carbonyl (C=O) groups excluding carboxylic acids is 2. The number of nitrogens with zero attached hydrogens (tertiary/aromatic N) is 1. The molecule has 0 aliphatic heterocycles. The summed E-state index contributed by atoms with van der Waals surface area (Å²) in [7, 11) is 0. The Balaban J connectivity index is 2.35. The summed E-state index contributed by atoms with van der Waals surface area (Å²) in [4.78, 5) is 26.7. The van der Waals surface area contributed by atoms with Crippen molar-refractivity contribution in [2.45, 2.75) is 20.3 Å². The average Bonchev–Trinajstić information content (AvgIpc) is 2.27. The monoisotopic (exact) mass is 220 g/mol. The normalized spacial score (nSPS) is 10.2. The molecule has 0 radical (unpaired) electrons. The van der Waals surface area contributed by atoms with E-state index in [1.807, 2.05) is 19.9 Å². The number of hydrogen-bond acceptors (Lipinski definition) is 3. The second kappa shape index (κ2) is 6.00. The molecule has 1 N–H and O–H groups in total. The van der Waals surface area contributed by atoms with E-state index in [-0.39, 0.29) is 30.6 Å². The second-order valence-corrected chi connectivity index (χ2v) is 3.90. The van der Waals surface area contributed by atoms with Crippen LogP contribution in [0.4, 0.5) is 0 Å². The van der Waals surface area contributed by atoms with Crippen LogP contribution in [0.2, 0.25) is 0 Å². The van der Waals surface area contributed by atoms with Crippen molar-refractivity contribution in [3.05, 3.63) is 30.1 Å². The second-order valence-electron chi connectivity index (χ2n) is 3.90. The molecule has 1 heterocycles. The van der Waals surface area contributed by atoms with Gasteiger partial charge in [0.1, 0.15) is 0 Å². The summed E-state index contributed by atoms with van der Waals surface area (Å²) in [5, 5.41) is 2.58. The molecule has 16 heavy (non-hydrogen) atoms. The van der Waals surface area contributed by atoms with Crippen molar-refractivity contribution in [3.8, 4) is 0 Å². The summed E-state index contributed by atoms with van der Waals surface area (Å²) in [6, 6.07) is 5.41. The highest BCUT2D eigenvalue weighted by Crippen LogP contribution is 1.95. The van der Waals surface area contributed by atoms with E-state index >= 15 is 0 Å². The van der Waals surface area contributed by atoms with Crippen molar-refractivity contribution in [2.24, 2.45) is 5.92 Å². The molecule has 0 spiro atoms. The summed E-state index contributed by atoms with van der Waals surface area (Å²) in [5.41, 5.74) is 0.706. The Morgan fingerprint density at radius 3 is 2.69 bits per heavy atom. The molecule has 1 rings (SSSR count). The molecule has 86 valence electrons. The van der Waals surface area contributed by atoms with Crippen LogP contribution in [0.5, 0.6) is 0 Å². The van der Waals surface area contributed by atoms with Gasteiger partial charge in [-0.2, -0.15) is 0 Å². The molecule has 0 atom stereocenters. The Morgan fingerprint density at radius 1 is 1.38 bits per heavy atom. The number of hydrogen-bond donors (Lipinski definition) is 1. The van der Waals surface area contributed by atoms with Gasteiger partial charge in [-0.3, -0.25) is 14.6 Å². The Kier molecular flexibility index (Phi) is 4.64. The van der Waals surface area contributed by atoms with Crippen molar-refractivity contribution < 1.29 is 9.59 Å². The lowest BCUT2D eigenvalue weighted by atomic mass is 10.1. The predicted molar refractivity (Wildman–Crippen MR) is 60.8 cm³/mol. The van der Waals surface area contributed by atoms with Gasteiger partial charge >= 0.3 is 0 Å². The fourth-order valence-electron chi connectivity index (χ4n) is 1.12. The number of amides is 1. The van der Waals surface area contributed by atoms with E-state index in [1.54, 1.807) is 18.3 Å². The van der Waals surface area contributed by atoms with Crippen molar-refractivity contribution in [1.29, 1.82) is 0 Å². The van der Waals surface area contributed by atoms with Crippen LogP contribution in [0.3, 0.4) is 0 Å². The fourth-order valence-corrected chi connectivity index (χ4v) is 1.12. The molecule has 4 nitrogen and oxygen atoms in total.